The molecule has 0 aliphatic rings. The smallest absolute Gasteiger partial charge is 0.144 e. The lowest BCUT2D eigenvalue weighted by molar-refractivity contribution is 0.584. The van der Waals surface area contributed by atoms with Crippen LogP contribution in [0.3, 0.4) is 0 Å². The average molecular weight is 364 g/mol. The maximum absolute atomic E-state index is 13.0. The van der Waals surface area contributed by atoms with Crippen LogP contribution >= 0.6 is 31.9 Å². The molecular weight excluding hydrogens is 358 g/mol. The second-order valence-electron chi connectivity index (χ2n) is 3.27. The molecule has 0 radical (unpaired) electrons. The minimum atomic E-state index is -0.638. The molecule has 0 atom stereocenters. The number of anilines is 2. The van der Waals surface area contributed by atoms with Gasteiger partial charge in [-0.15, -0.1) is 0 Å². The Hall–Kier alpha value is -1.01. The molecule has 0 spiro atoms. The van der Waals surface area contributed by atoms with Crippen molar-refractivity contribution in [1.82, 2.24) is 4.98 Å². The zero-order valence-corrected chi connectivity index (χ0v) is 11.5. The molecule has 0 aliphatic carbocycles. The highest BCUT2D eigenvalue weighted by Gasteiger charge is 2.05. The molecule has 1 heterocycles. The first-order valence-electron chi connectivity index (χ1n) is 4.59. The van der Waals surface area contributed by atoms with Crippen molar-refractivity contribution >= 4 is 43.4 Å². The lowest BCUT2D eigenvalue weighted by Gasteiger charge is -2.08. The first-order chi connectivity index (χ1) is 8.04. The van der Waals surface area contributed by atoms with Gasteiger partial charge in [-0.1, -0.05) is 0 Å². The highest BCUT2D eigenvalue weighted by atomic mass is 79.9. The Morgan fingerprint density at radius 3 is 2.24 bits per heavy atom. The Morgan fingerprint density at radius 1 is 1.00 bits per heavy atom. The van der Waals surface area contributed by atoms with E-state index in [1.54, 1.807) is 12.3 Å². The van der Waals surface area contributed by atoms with Gasteiger partial charge < -0.3 is 5.32 Å². The third kappa shape index (κ3) is 3.23. The van der Waals surface area contributed by atoms with E-state index in [1.807, 2.05) is 0 Å². The summed E-state index contributed by atoms with van der Waals surface area (Å²) < 4.78 is 27.4. The zero-order valence-electron chi connectivity index (χ0n) is 8.35. The van der Waals surface area contributed by atoms with Crippen molar-refractivity contribution in [3.05, 3.63) is 51.0 Å². The molecule has 0 aliphatic heterocycles. The van der Waals surface area contributed by atoms with Crippen molar-refractivity contribution in [2.45, 2.75) is 0 Å². The number of halogens is 4. The van der Waals surface area contributed by atoms with Crippen LogP contribution in [0.5, 0.6) is 0 Å². The maximum Gasteiger partial charge on any atom is 0.144 e. The van der Waals surface area contributed by atoms with Gasteiger partial charge in [0.15, 0.2) is 0 Å². The minimum absolute atomic E-state index is 0.304. The van der Waals surface area contributed by atoms with E-state index in [2.05, 4.69) is 42.2 Å². The quantitative estimate of drug-likeness (QED) is 0.841. The summed E-state index contributed by atoms with van der Waals surface area (Å²) in [5, 5.41) is 2.82. The molecule has 1 N–H and O–H groups in total. The lowest BCUT2D eigenvalue weighted by Crippen LogP contribution is -1.96. The first kappa shape index (κ1) is 12.4. The van der Waals surface area contributed by atoms with Gasteiger partial charge in [0.05, 0.1) is 4.47 Å². The highest BCUT2D eigenvalue weighted by Crippen LogP contribution is 2.26. The molecule has 88 valence electrons. The number of aromatic nitrogens is 1. The normalized spacial score (nSPS) is 10.4. The number of rotatable bonds is 2. The third-order valence-corrected chi connectivity index (χ3v) is 2.97. The van der Waals surface area contributed by atoms with E-state index in [-0.39, 0.29) is 0 Å². The topological polar surface area (TPSA) is 24.9 Å². The molecule has 6 heteroatoms. The van der Waals surface area contributed by atoms with Crippen LogP contribution in [0.25, 0.3) is 0 Å². The van der Waals surface area contributed by atoms with Crippen LogP contribution in [-0.2, 0) is 0 Å². The van der Waals surface area contributed by atoms with Gasteiger partial charge in [0.1, 0.15) is 17.5 Å². The molecular formula is C11H6Br2F2N2. The molecule has 0 bridgehead atoms. The highest BCUT2D eigenvalue weighted by molar-refractivity contribution is 9.11. The molecule has 2 nitrogen and oxygen atoms in total. The van der Waals surface area contributed by atoms with Gasteiger partial charge in [-0.3, -0.25) is 0 Å². The standard InChI is InChI=1S/C11H6Br2F2N2/c12-6-1-10(13)11(16-5-6)17-9-3-7(14)2-8(15)4-9/h1-5H,(H,16,17). The molecule has 1 aromatic heterocycles. The monoisotopic (exact) mass is 362 g/mol. The Labute approximate surface area is 113 Å². The van der Waals surface area contributed by atoms with Crippen molar-refractivity contribution in [1.29, 1.82) is 0 Å². The van der Waals surface area contributed by atoms with Crippen molar-refractivity contribution in [3.8, 4) is 0 Å². The SMILES string of the molecule is Fc1cc(F)cc(Nc2ncc(Br)cc2Br)c1. The van der Waals surface area contributed by atoms with Crippen LogP contribution in [0.4, 0.5) is 20.3 Å². The van der Waals surface area contributed by atoms with Crippen LogP contribution in [-0.4, -0.2) is 4.98 Å². The number of nitrogens with zero attached hydrogens (tertiary/aromatic N) is 1. The van der Waals surface area contributed by atoms with Crippen LogP contribution in [0.1, 0.15) is 0 Å². The molecule has 17 heavy (non-hydrogen) atoms. The third-order valence-electron chi connectivity index (χ3n) is 1.93. The Bertz CT molecular complexity index is 541. The summed E-state index contributed by atoms with van der Waals surface area (Å²) in [5.74, 6) is -0.792. The van der Waals surface area contributed by atoms with E-state index in [9.17, 15) is 8.78 Å². The van der Waals surface area contributed by atoms with Crippen LogP contribution in [0.15, 0.2) is 39.4 Å². The van der Waals surface area contributed by atoms with Gasteiger partial charge in [-0.2, -0.15) is 0 Å². The van der Waals surface area contributed by atoms with E-state index in [0.717, 1.165) is 10.5 Å². The summed E-state index contributed by atoms with van der Waals surface area (Å²) >= 11 is 6.56. The van der Waals surface area contributed by atoms with E-state index >= 15 is 0 Å². The molecule has 0 saturated carbocycles. The van der Waals surface area contributed by atoms with Crippen LogP contribution < -0.4 is 5.32 Å². The summed E-state index contributed by atoms with van der Waals surface area (Å²) in [4.78, 5) is 4.08. The summed E-state index contributed by atoms with van der Waals surface area (Å²) in [6.45, 7) is 0. The van der Waals surface area contributed by atoms with Gasteiger partial charge in [0, 0.05) is 22.4 Å². The van der Waals surface area contributed by atoms with Crippen LogP contribution in [0.2, 0.25) is 0 Å². The summed E-state index contributed by atoms with van der Waals surface area (Å²) in [7, 11) is 0. The summed E-state index contributed by atoms with van der Waals surface area (Å²) in [5.41, 5.74) is 0.304. The second kappa shape index (κ2) is 5.10. The Kier molecular flexibility index (Phi) is 3.73. The van der Waals surface area contributed by atoms with E-state index in [1.165, 1.54) is 12.1 Å². The minimum Gasteiger partial charge on any atom is -0.339 e. The second-order valence-corrected chi connectivity index (χ2v) is 5.04. The van der Waals surface area contributed by atoms with Crippen molar-refractivity contribution in [2.75, 3.05) is 5.32 Å². The predicted molar refractivity (Wildman–Crippen MR) is 69.3 cm³/mol. The maximum atomic E-state index is 13.0. The zero-order chi connectivity index (χ0) is 12.4. The molecule has 0 saturated heterocycles. The van der Waals surface area contributed by atoms with Crippen molar-refractivity contribution in [2.24, 2.45) is 0 Å². The molecule has 0 fully saturated rings. The average Bonchev–Trinajstić information content (AvgIpc) is 2.21. The van der Waals surface area contributed by atoms with Crippen LogP contribution in [0, 0.1) is 11.6 Å². The van der Waals surface area contributed by atoms with E-state index < -0.39 is 11.6 Å². The Morgan fingerprint density at radius 2 is 1.65 bits per heavy atom. The van der Waals surface area contributed by atoms with Gasteiger partial charge in [-0.25, -0.2) is 13.8 Å². The van der Waals surface area contributed by atoms with Crippen molar-refractivity contribution in [3.63, 3.8) is 0 Å². The number of nitrogens with one attached hydrogen (secondary N) is 1. The first-order valence-corrected chi connectivity index (χ1v) is 6.17. The van der Waals surface area contributed by atoms with Gasteiger partial charge in [0.2, 0.25) is 0 Å². The number of benzene rings is 1. The summed E-state index contributed by atoms with van der Waals surface area (Å²) in [6, 6.07) is 4.98. The molecule has 0 unspecified atom stereocenters. The lowest BCUT2D eigenvalue weighted by atomic mass is 10.3. The molecule has 1 aromatic carbocycles. The molecule has 2 aromatic rings. The summed E-state index contributed by atoms with van der Waals surface area (Å²) in [6.07, 6.45) is 1.59. The fourth-order valence-electron chi connectivity index (χ4n) is 1.27. The molecule has 0 amide bonds. The van der Waals surface area contributed by atoms with Crippen molar-refractivity contribution < 1.29 is 8.78 Å². The Balaban J connectivity index is 2.31. The number of hydrogen-bond donors (Lipinski definition) is 1. The predicted octanol–water partition coefficient (Wildman–Crippen LogP) is 4.63. The molecule has 2 rings (SSSR count). The number of pyridine rings is 1. The van der Waals surface area contributed by atoms with E-state index in [4.69, 9.17) is 0 Å². The van der Waals surface area contributed by atoms with Gasteiger partial charge >= 0.3 is 0 Å². The van der Waals surface area contributed by atoms with Gasteiger partial charge in [0.25, 0.3) is 0 Å². The fraction of sp³-hybridized carbons (Fsp3) is 0. The van der Waals surface area contributed by atoms with E-state index in [0.29, 0.717) is 16.0 Å². The van der Waals surface area contributed by atoms with Gasteiger partial charge in [-0.05, 0) is 50.1 Å². The fourth-order valence-corrected chi connectivity index (χ4v) is 2.36. The largest absolute Gasteiger partial charge is 0.339 e. The number of hydrogen-bond acceptors (Lipinski definition) is 2.